The van der Waals surface area contributed by atoms with E-state index in [0.29, 0.717) is 22.8 Å². The Bertz CT molecular complexity index is 1170. The summed E-state index contributed by atoms with van der Waals surface area (Å²) in [5, 5.41) is 26.9. The van der Waals surface area contributed by atoms with Gasteiger partial charge < -0.3 is 16.2 Å². The zero-order chi connectivity index (χ0) is 25.3. The number of carboxylic acid groups (broad SMARTS) is 1. The number of carbonyl (C=O) groups is 2. The number of carbonyl (C=O) groups excluding carboxylic acids is 1. The van der Waals surface area contributed by atoms with E-state index >= 15 is 0 Å². The van der Waals surface area contributed by atoms with E-state index in [1.807, 2.05) is 5.48 Å². The molecular formula is C19H16ClF3N6O5. The summed E-state index contributed by atoms with van der Waals surface area (Å²) >= 11 is 5.92. The number of aromatic nitrogens is 2. The van der Waals surface area contributed by atoms with Crippen LogP contribution in [0.1, 0.15) is 21.6 Å². The molecule has 3 aromatic rings. The Labute approximate surface area is 194 Å². The fourth-order valence-electron chi connectivity index (χ4n) is 2.20. The summed E-state index contributed by atoms with van der Waals surface area (Å²) in [4.78, 5) is 25.5. The van der Waals surface area contributed by atoms with Crippen molar-refractivity contribution in [2.45, 2.75) is 12.7 Å². The number of amides is 1. The topological polar surface area (TPSA) is 176 Å². The number of hydroxylamine groups is 1. The van der Waals surface area contributed by atoms with Gasteiger partial charge in [0.1, 0.15) is 0 Å². The maximum Gasteiger partial charge on any atom is 0.490 e. The standard InChI is InChI=1S/C17H15ClN6O3.C2HF3O2/c18-12-2-1-3-13(8-12)20-15(22-26)14-16(24-27-23-14)21-17(25)11-6-4-10(9-19)5-7-11;3-2(4,5)1(6)7/h1-8,26H,9,19H2,(H,20,22)(H,21,24,25);(H,6,7). The number of nitrogens with zero attached hydrogens (tertiary/aromatic N) is 3. The molecule has 0 spiro atoms. The number of rotatable bonds is 5. The first kappa shape index (κ1) is 26.2. The van der Waals surface area contributed by atoms with Crippen molar-refractivity contribution >= 4 is 40.8 Å². The van der Waals surface area contributed by atoms with E-state index < -0.39 is 18.1 Å². The quantitative estimate of drug-likeness (QED) is 0.200. The Morgan fingerprint density at radius 2 is 1.79 bits per heavy atom. The van der Waals surface area contributed by atoms with Crippen molar-refractivity contribution in [3.05, 3.63) is 70.4 Å². The molecular weight excluding hydrogens is 485 g/mol. The second-order valence-corrected chi connectivity index (χ2v) is 6.61. The van der Waals surface area contributed by atoms with Gasteiger partial charge in [-0.3, -0.25) is 15.5 Å². The van der Waals surface area contributed by atoms with Gasteiger partial charge in [-0.25, -0.2) is 14.4 Å². The summed E-state index contributed by atoms with van der Waals surface area (Å²) in [6, 6.07) is 13.4. The van der Waals surface area contributed by atoms with Crippen LogP contribution in [-0.2, 0) is 11.3 Å². The fraction of sp³-hybridized carbons (Fsp3) is 0.105. The number of carboxylic acids is 1. The second kappa shape index (κ2) is 11.7. The van der Waals surface area contributed by atoms with Crippen molar-refractivity contribution in [1.29, 1.82) is 0 Å². The molecule has 34 heavy (non-hydrogen) atoms. The molecule has 0 saturated carbocycles. The molecule has 1 aromatic heterocycles. The molecule has 0 aliphatic heterocycles. The Kier molecular flexibility index (Phi) is 9.06. The molecule has 180 valence electrons. The van der Waals surface area contributed by atoms with Crippen LogP contribution >= 0.6 is 11.6 Å². The Hall–Kier alpha value is -4.01. The number of aliphatic imine (C=N–C) groups is 1. The van der Waals surface area contributed by atoms with Crippen LogP contribution in [0, 0.1) is 0 Å². The van der Waals surface area contributed by atoms with Crippen LogP contribution < -0.4 is 16.5 Å². The van der Waals surface area contributed by atoms with Gasteiger partial charge in [-0.05, 0) is 46.2 Å². The number of amidine groups is 1. The molecule has 1 amide bonds. The van der Waals surface area contributed by atoms with Crippen LogP contribution in [0.3, 0.4) is 0 Å². The fourth-order valence-corrected chi connectivity index (χ4v) is 2.39. The van der Waals surface area contributed by atoms with Gasteiger partial charge in [0.15, 0.2) is 11.5 Å². The normalized spacial score (nSPS) is 11.3. The van der Waals surface area contributed by atoms with E-state index in [1.54, 1.807) is 48.5 Å². The van der Waals surface area contributed by atoms with Gasteiger partial charge in [0.05, 0.1) is 5.69 Å². The number of halogens is 4. The molecule has 6 N–H and O–H groups in total. The van der Waals surface area contributed by atoms with Crippen molar-refractivity contribution in [3.8, 4) is 0 Å². The zero-order valence-electron chi connectivity index (χ0n) is 16.9. The highest BCUT2D eigenvalue weighted by atomic mass is 35.5. The minimum atomic E-state index is -5.08. The third-order valence-corrected chi connectivity index (χ3v) is 4.03. The van der Waals surface area contributed by atoms with E-state index in [2.05, 4.69) is 25.3 Å². The summed E-state index contributed by atoms with van der Waals surface area (Å²) in [5.74, 6) is -3.28. The van der Waals surface area contributed by atoms with Gasteiger partial charge in [0.2, 0.25) is 5.82 Å². The molecule has 0 unspecified atom stereocenters. The van der Waals surface area contributed by atoms with E-state index in [0.717, 1.165) is 5.56 Å². The average molecular weight is 501 g/mol. The van der Waals surface area contributed by atoms with E-state index in [1.165, 1.54) is 0 Å². The van der Waals surface area contributed by atoms with Gasteiger partial charge >= 0.3 is 12.1 Å². The Morgan fingerprint density at radius 3 is 2.32 bits per heavy atom. The number of aliphatic carboxylic acids is 1. The molecule has 0 radical (unpaired) electrons. The SMILES string of the molecule is NCc1ccc(C(=O)Nc2nonc2C(=Nc2cccc(Cl)c2)NO)cc1.O=C(O)C(F)(F)F. The second-order valence-electron chi connectivity index (χ2n) is 6.17. The summed E-state index contributed by atoms with van der Waals surface area (Å²) in [5.41, 5.74) is 9.23. The van der Waals surface area contributed by atoms with Crippen LogP contribution in [-0.4, -0.2) is 44.5 Å². The smallest absolute Gasteiger partial charge is 0.475 e. The summed E-state index contributed by atoms with van der Waals surface area (Å²) < 4.78 is 36.4. The van der Waals surface area contributed by atoms with Gasteiger partial charge in [0, 0.05) is 17.1 Å². The maximum atomic E-state index is 12.4. The van der Waals surface area contributed by atoms with Crippen LogP contribution in [0.4, 0.5) is 24.7 Å². The third kappa shape index (κ3) is 7.54. The van der Waals surface area contributed by atoms with E-state index in [4.69, 9.17) is 27.2 Å². The van der Waals surface area contributed by atoms with Crippen molar-refractivity contribution in [1.82, 2.24) is 15.8 Å². The molecule has 15 heteroatoms. The van der Waals surface area contributed by atoms with Crippen molar-refractivity contribution in [2.24, 2.45) is 10.7 Å². The summed E-state index contributed by atoms with van der Waals surface area (Å²) in [7, 11) is 0. The molecule has 0 aliphatic carbocycles. The first-order valence-corrected chi connectivity index (χ1v) is 9.40. The summed E-state index contributed by atoms with van der Waals surface area (Å²) in [6.45, 7) is 0.380. The monoisotopic (exact) mass is 500 g/mol. The Balaban J connectivity index is 0.000000509. The van der Waals surface area contributed by atoms with Gasteiger partial charge in [-0.1, -0.05) is 29.8 Å². The minimum absolute atomic E-state index is 0.00905. The van der Waals surface area contributed by atoms with Crippen molar-refractivity contribution in [3.63, 3.8) is 0 Å². The lowest BCUT2D eigenvalue weighted by atomic mass is 10.1. The highest BCUT2D eigenvalue weighted by molar-refractivity contribution is 6.30. The van der Waals surface area contributed by atoms with Gasteiger partial charge in [-0.2, -0.15) is 13.2 Å². The van der Waals surface area contributed by atoms with E-state index in [-0.39, 0.29) is 17.3 Å². The molecule has 3 rings (SSSR count). The molecule has 0 fully saturated rings. The summed E-state index contributed by atoms with van der Waals surface area (Å²) in [6.07, 6.45) is -5.08. The molecule has 0 aliphatic rings. The molecule has 2 aromatic carbocycles. The lowest BCUT2D eigenvalue weighted by molar-refractivity contribution is -0.192. The highest BCUT2D eigenvalue weighted by Gasteiger charge is 2.38. The van der Waals surface area contributed by atoms with Crippen molar-refractivity contribution in [2.75, 3.05) is 5.32 Å². The predicted octanol–water partition coefficient (Wildman–Crippen LogP) is 3.12. The predicted molar refractivity (Wildman–Crippen MR) is 113 cm³/mol. The van der Waals surface area contributed by atoms with Gasteiger partial charge in [0.25, 0.3) is 5.91 Å². The molecule has 0 saturated heterocycles. The average Bonchev–Trinajstić information content (AvgIpc) is 3.25. The molecule has 11 nitrogen and oxygen atoms in total. The van der Waals surface area contributed by atoms with Crippen LogP contribution in [0.25, 0.3) is 0 Å². The number of hydrogen-bond donors (Lipinski definition) is 5. The lowest BCUT2D eigenvalue weighted by Gasteiger charge is -2.06. The molecule has 0 bridgehead atoms. The number of alkyl halides is 3. The maximum absolute atomic E-state index is 12.4. The van der Waals surface area contributed by atoms with Crippen LogP contribution in [0.2, 0.25) is 5.02 Å². The molecule has 0 atom stereocenters. The number of nitrogens with one attached hydrogen (secondary N) is 2. The first-order chi connectivity index (χ1) is 16.0. The first-order valence-electron chi connectivity index (χ1n) is 9.03. The Morgan fingerprint density at radius 1 is 1.15 bits per heavy atom. The molecule has 1 heterocycles. The number of benzene rings is 2. The van der Waals surface area contributed by atoms with Crippen molar-refractivity contribution < 1.29 is 37.7 Å². The van der Waals surface area contributed by atoms with Gasteiger partial charge in [-0.15, -0.1) is 0 Å². The number of anilines is 1. The number of nitrogens with two attached hydrogens (primary N) is 1. The number of hydrogen-bond acceptors (Lipinski definition) is 8. The minimum Gasteiger partial charge on any atom is -0.475 e. The van der Waals surface area contributed by atoms with E-state index in [9.17, 15) is 23.2 Å². The zero-order valence-corrected chi connectivity index (χ0v) is 17.6. The van der Waals surface area contributed by atoms with Crippen LogP contribution in [0.15, 0.2) is 58.2 Å². The third-order valence-electron chi connectivity index (χ3n) is 3.79. The highest BCUT2D eigenvalue weighted by Crippen LogP contribution is 2.20. The lowest BCUT2D eigenvalue weighted by Crippen LogP contribution is -2.23. The van der Waals surface area contributed by atoms with Crippen LogP contribution in [0.5, 0.6) is 0 Å². The largest absolute Gasteiger partial charge is 0.490 e.